The zero-order chi connectivity index (χ0) is 9.97. The summed E-state index contributed by atoms with van der Waals surface area (Å²) in [5, 5.41) is 3.70. The summed E-state index contributed by atoms with van der Waals surface area (Å²) in [5.74, 6) is 0. The van der Waals surface area contributed by atoms with Gasteiger partial charge in [-0.15, -0.1) is 0 Å². The highest BCUT2D eigenvalue weighted by Crippen LogP contribution is 2.23. The molecule has 2 heterocycles. The largest absolute Gasteiger partial charge is 0.309 e. The van der Waals surface area contributed by atoms with Gasteiger partial charge in [-0.05, 0) is 25.7 Å². The van der Waals surface area contributed by atoms with E-state index in [9.17, 15) is 0 Å². The van der Waals surface area contributed by atoms with E-state index in [2.05, 4.69) is 24.1 Å². The average molecular weight is 196 g/mol. The van der Waals surface area contributed by atoms with Crippen LogP contribution < -0.4 is 5.32 Å². The van der Waals surface area contributed by atoms with Crippen LogP contribution in [0.3, 0.4) is 0 Å². The van der Waals surface area contributed by atoms with E-state index in [4.69, 9.17) is 0 Å². The van der Waals surface area contributed by atoms with Crippen LogP contribution in [0.1, 0.15) is 46.0 Å². The molecular weight excluding hydrogens is 172 g/mol. The van der Waals surface area contributed by atoms with E-state index in [1.165, 1.54) is 45.2 Å². The first-order valence-electron chi connectivity index (χ1n) is 6.33. The van der Waals surface area contributed by atoms with Gasteiger partial charge in [-0.1, -0.05) is 20.3 Å². The van der Waals surface area contributed by atoms with Crippen LogP contribution in [0.5, 0.6) is 0 Å². The molecule has 2 rings (SSSR count). The molecule has 0 aliphatic carbocycles. The van der Waals surface area contributed by atoms with Crippen molar-refractivity contribution < 1.29 is 0 Å². The van der Waals surface area contributed by atoms with Gasteiger partial charge >= 0.3 is 0 Å². The molecule has 0 amide bonds. The van der Waals surface area contributed by atoms with Crippen molar-refractivity contribution in [3.05, 3.63) is 0 Å². The molecular formula is C12H24N2. The maximum atomic E-state index is 3.70. The van der Waals surface area contributed by atoms with E-state index in [0.29, 0.717) is 0 Å². The predicted molar refractivity (Wildman–Crippen MR) is 60.5 cm³/mol. The Morgan fingerprint density at radius 3 is 2.36 bits per heavy atom. The maximum Gasteiger partial charge on any atom is 0.0198 e. The zero-order valence-electron chi connectivity index (χ0n) is 9.63. The van der Waals surface area contributed by atoms with Crippen molar-refractivity contribution in [1.29, 1.82) is 0 Å². The van der Waals surface area contributed by atoms with Crippen molar-refractivity contribution in [2.24, 2.45) is 0 Å². The van der Waals surface area contributed by atoms with Gasteiger partial charge in [-0.25, -0.2) is 0 Å². The Balaban J connectivity index is 1.90. The fourth-order valence-corrected chi connectivity index (χ4v) is 3.11. The molecule has 0 spiro atoms. The summed E-state index contributed by atoms with van der Waals surface area (Å²) >= 11 is 0. The smallest absolute Gasteiger partial charge is 0.0198 e. The number of piperazine rings is 1. The summed E-state index contributed by atoms with van der Waals surface area (Å²) in [7, 11) is 0. The van der Waals surface area contributed by atoms with Crippen LogP contribution in [0.4, 0.5) is 0 Å². The molecule has 0 aromatic heterocycles. The van der Waals surface area contributed by atoms with Crippen LogP contribution >= 0.6 is 0 Å². The van der Waals surface area contributed by atoms with Crippen LogP contribution in [-0.4, -0.2) is 36.1 Å². The molecule has 0 radical (unpaired) electrons. The lowest BCUT2D eigenvalue weighted by atomic mass is 10.1. The van der Waals surface area contributed by atoms with Gasteiger partial charge in [-0.2, -0.15) is 0 Å². The van der Waals surface area contributed by atoms with Crippen molar-refractivity contribution in [3.63, 3.8) is 0 Å². The quantitative estimate of drug-likeness (QED) is 0.740. The second-order valence-electron chi connectivity index (χ2n) is 4.94. The van der Waals surface area contributed by atoms with Crippen LogP contribution in [-0.2, 0) is 0 Å². The third kappa shape index (κ3) is 2.12. The van der Waals surface area contributed by atoms with E-state index in [0.717, 1.165) is 18.1 Å². The Morgan fingerprint density at radius 2 is 1.86 bits per heavy atom. The lowest BCUT2D eigenvalue weighted by Gasteiger charge is -2.38. The summed E-state index contributed by atoms with van der Waals surface area (Å²) in [4.78, 5) is 2.74. The second kappa shape index (κ2) is 4.63. The van der Waals surface area contributed by atoms with Crippen LogP contribution in [0.2, 0.25) is 0 Å². The van der Waals surface area contributed by atoms with Crippen molar-refractivity contribution in [2.75, 3.05) is 13.1 Å². The molecule has 0 aromatic carbocycles. The number of hydrogen-bond donors (Lipinski definition) is 1. The first-order valence-corrected chi connectivity index (χ1v) is 6.33. The number of hydrogen-bond acceptors (Lipinski definition) is 2. The number of nitrogens with zero attached hydrogens (tertiary/aromatic N) is 1. The molecule has 3 atom stereocenters. The molecule has 2 aliphatic heterocycles. The van der Waals surface area contributed by atoms with Crippen LogP contribution in [0.15, 0.2) is 0 Å². The molecule has 82 valence electrons. The molecule has 0 aromatic rings. The van der Waals surface area contributed by atoms with Gasteiger partial charge in [0.05, 0.1) is 0 Å². The first kappa shape index (κ1) is 10.4. The second-order valence-corrected chi connectivity index (χ2v) is 4.94. The Hall–Kier alpha value is -0.0800. The Labute approximate surface area is 88.1 Å². The normalized spacial score (nSPS) is 34.7. The highest BCUT2D eigenvalue weighted by atomic mass is 15.2. The minimum Gasteiger partial charge on any atom is -0.309 e. The van der Waals surface area contributed by atoms with E-state index in [1.807, 2.05) is 0 Å². The lowest BCUT2D eigenvalue weighted by molar-refractivity contribution is 0.129. The summed E-state index contributed by atoms with van der Waals surface area (Å²) in [6, 6.07) is 2.46. The van der Waals surface area contributed by atoms with E-state index >= 15 is 0 Å². The standard InChI is InChI=1S/C12H24N2/c1-3-5-12(4-2)14-8-10-6-7-11(9-14)13-10/h10-13H,3-9H2,1-2H3. The molecule has 2 heteroatoms. The minimum atomic E-state index is 0.805. The molecule has 2 bridgehead atoms. The molecule has 2 fully saturated rings. The van der Waals surface area contributed by atoms with Gasteiger partial charge in [0.1, 0.15) is 0 Å². The van der Waals surface area contributed by atoms with Crippen molar-refractivity contribution in [3.8, 4) is 0 Å². The van der Waals surface area contributed by atoms with Gasteiger partial charge < -0.3 is 5.32 Å². The molecule has 1 N–H and O–H groups in total. The minimum absolute atomic E-state index is 0.805. The Morgan fingerprint density at radius 1 is 1.21 bits per heavy atom. The first-order chi connectivity index (χ1) is 6.83. The topological polar surface area (TPSA) is 15.3 Å². The number of fused-ring (bicyclic) bond motifs is 2. The highest BCUT2D eigenvalue weighted by molar-refractivity contribution is 4.94. The SMILES string of the molecule is CCCC(CC)N1CC2CCC(C1)N2. The monoisotopic (exact) mass is 196 g/mol. The van der Waals surface area contributed by atoms with E-state index in [-0.39, 0.29) is 0 Å². The molecule has 2 nitrogen and oxygen atoms in total. The van der Waals surface area contributed by atoms with Crippen molar-refractivity contribution in [2.45, 2.75) is 64.1 Å². The fraction of sp³-hybridized carbons (Fsp3) is 1.00. The Kier molecular flexibility index (Phi) is 3.45. The molecule has 2 saturated heterocycles. The summed E-state index contributed by atoms with van der Waals surface area (Å²) < 4.78 is 0. The van der Waals surface area contributed by atoms with Gasteiger partial charge in [0.15, 0.2) is 0 Å². The van der Waals surface area contributed by atoms with Gasteiger partial charge in [0.25, 0.3) is 0 Å². The number of nitrogens with one attached hydrogen (secondary N) is 1. The fourth-order valence-electron chi connectivity index (χ4n) is 3.11. The third-order valence-electron chi connectivity index (χ3n) is 3.85. The summed E-state index contributed by atoms with van der Waals surface area (Å²) in [6.07, 6.45) is 6.86. The zero-order valence-corrected chi connectivity index (χ0v) is 9.63. The Bertz CT molecular complexity index is 169. The third-order valence-corrected chi connectivity index (χ3v) is 3.85. The summed E-state index contributed by atoms with van der Waals surface area (Å²) in [5.41, 5.74) is 0. The molecule has 3 unspecified atom stereocenters. The van der Waals surface area contributed by atoms with Gasteiger partial charge in [-0.3, -0.25) is 4.90 Å². The van der Waals surface area contributed by atoms with Crippen molar-refractivity contribution in [1.82, 2.24) is 10.2 Å². The predicted octanol–water partition coefficient (Wildman–Crippen LogP) is 2.00. The number of likely N-dealkylation sites (tertiary alicyclic amines) is 1. The van der Waals surface area contributed by atoms with Gasteiger partial charge in [0, 0.05) is 31.2 Å². The molecule has 2 aliphatic rings. The van der Waals surface area contributed by atoms with Crippen LogP contribution in [0.25, 0.3) is 0 Å². The van der Waals surface area contributed by atoms with Crippen LogP contribution in [0, 0.1) is 0 Å². The summed E-state index contributed by atoms with van der Waals surface area (Å²) in [6.45, 7) is 7.24. The average Bonchev–Trinajstić information content (AvgIpc) is 2.54. The van der Waals surface area contributed by atoms with E-state index < -0.39 is 0 Å². The molecule has 14 heavy (non-hydrogen) atoms. The highest BCUT2D eigenvalue weighted by Gasteiger charge is 2.34. The molecule has 0 saturated carbocycles. The van der Waals surface area contributed by atoms with Crippen molar-refractivity contribution >= 4 is 0 Å². The van der Waals surface area contributed by atoms with Gasteiger partial charge in [0.2, 0.25) is 0 Å². The van der Waals surface area contributed by atoms with E-state index in [1.54, 1.807) is 0 Å². The lowest BCUT2D eigenvalue weighted by Crippen LogP contribution is -2.54. The maximum absolute atomic E-state index is 3.70. The number of rotatable bonds is 4.